The van der Waals surface area contributed by atoms with Crippen LogP contribution in [0.25, 0.3) is 10.8 Å². The molecule has 1 atom stereocenters. The van der Waals surface area contributed by atoms with Crippen molar-refractivity contribution in [1.82, 2.24) is 9.88 Å². The molecule has 0 spiro atoms. The molecule has 1 amide bonds. The molecule has 1 aromatic heterocycles. The van der Waals surface area contributed by atoms with Crippen LogP contribution >= 0.6 is 0 Å². The molecule has 2 N–H and O–H groups in total. The van der Waals surface area contributed by atoms with Gasteiger partial charge in [0.15, 0.2) is 6.10 Å². The number of hydrogen-bond acceptors (Lipinski definition) is 8. The van der Waals surface area contributed by atoms with Crippen LogP contribution < -0.4 is 10.1 Å². The lowest BCUT2D eigenvalue weighted by atomic mass is 10.1. The van der Waals surface area contributed by atoms with E-state index in [1.165, 1.54) is 0 Å². The number of fused-ring (bicyclic) bond motifs is 1. The summed E-state index contributed by atoms with van der Waals surface area (Å²) in [6.07, 6.45) is -0.00296. The van der Waals surface area contributed by atoms with Gasteiger partial charge >= 0.3 is 12.1 Å². The number of nitrogens with zero attached hydrogens (tertiary/aromatic N) is 2. The van der Waals surface area contributed by atoms with Gasteiger partial charge in [-0.1, -0.05) is 0 Å². The van der Waals surface area contributed by atoms with Crippen LogP contribution in [0.4, 0.5) is 10.6 Å². The first kappa shape index (κ1) is 24.6. The van der Waals surface area contributed by atoms with Crippen molar-refractivity contribution in [2.75, 3.05) is 25.0 Å². The number of aliphatic hydroxyl groups is 1. The SMILES string of the molecule is CC(C)(C)OC(=O)[C@H](O)COc1ccc2c(NC3CN(C(=O)OC(C)(C)C)C3)nccc2c1. The lowest BCUT2D eigenvalue weighted by molar-refractivity contribution is -0.166. The van der Waals surface area contributed by atoms with Gasteiger partial charge in [-0.2, -0.15) is 0 Å². The zero-order valence-electron chi connectivity index (χ0n) is 20.0. The van der Waals surface area contributed by atoms with Crippen molar-refractivity contribution in [3.05, 3.63) is 30.5 Å². The third kappa shape index (κ3) is 6.95. The van der Waals surface area contributed by atoms with E-state index < -0.39 is 23.3 Å². The maximum atomic E-state index is 12.1. The number of hydrogen-bond donors (Lipinski definition) is 2. The van der Waals surface area contributed by atoms with Crippen molar-refractivity contribution in [1.29, 1.82) is 0 Å². The first-order valence-corrected chi connectivity index (χ1v) is 11.0. The van der Waals surface area contributed by atoms with Crippen LogP contribution in [0.2, 0.25) is 0 Å². The van der Waals surface area contributed by atoms with E-state index in [0.29, 0.717) is 24.7 Å². The highest BCUT2D eigenvalue weighted by atomic mass is 16.6. The number of aromatic nitrogens is 1. The normalized spacial score (nSPS) is 15.5. The zero-order valence-corrected chi connectivity index (χ0v) is 20.0. The fourth-order valence-electron chi connectivity index (χ4n) is 3.21. The second kappa shape index (κ2) is 9.43. The summed E-state index contributed by atoms with van der Waals surface area (Å²) < 4.78 is 16.1. The van der Waals surface area contributed by atoms with E-state index in [9.17, 15) is 14.7 Å². The van der Waals surface area contributed by atoms with Gasteiger partial charge in [0.25, 0.3) is 0 Å². The van der Waals surface area contributed by atoms with Gasteiger partial charge < -0.3 is 29.5 Å². The number of likely N-dealkylation sites (tertiary alicyclic amines) is 1. The molecular formula is C24H33N3O6. The Morgan fingerprint density at radius 1 is 1.12 bits per heavy atom. The highest BCUT2D eigenvalue weighted by molar-refractivity contribution is 5.92. The van der Waals surface area contributed by atoms with Crippen LogP contribution in [0, 0.1) is 0 Å². The molecule has 1 aliphatic heterocycles. The zero-order chi connectivity index (χ0) is 24.4. The smallest absolute Gasteiger partial charge is 0.410 e. The minimum Gasteiger partial charge on any atom is -0.490 e. The number of esters is 1. The van der Waals surface area contributed by atoms with Gasteiger partial charge in [0.05, 0.1) is 6.04 Å². The number of rotatable bonds is 6. The molecule has 2 aromatic rings. The Balaban J connectivity index is 1.57. The minimum atomic E-state index is -1.37. The molecule has 9 nitrogen and oxygen atoms in total. The lowest BCUT2D eigenvalue weighted by Crippen LogP contribution is -2.58. The number of ether oxygens (including phenoxy) is 3. The van der Waals surface area contributed by atoms with Crippen LogP contribution in [0.1, 0.15) is 41.5 Å². The summed E-state index contributed by atoms with van der Waals surface area (Å²) >= 11 is 0. The summed E-state index contributed by atoms with van der Waals surface area (Å²) in [6, 6.07) is 7.37. The lowest BCUT2D eigenvalue weighted by Gasteiger charge is -2.40. The van der Waals surface area contributed by atoms with Crippen molar-refractivity contribution in [2.24, 2.45) is 0 Å². The van der Waals surface area contributed by atoms with Crippen molar-refractivity contribution in [3.63, 3.8) is 0 Å². The van der Waals surface area contributed by atoms with Gasteiger partial charge in [0.1, 0.15) is 29.4 Å². The van der Waals surface area contributed by atoms with Crippen molar-refractivity contribution in [3.8, 4) is 5.75 Å². The van der Waals surface area contributed by atoms with E-state index in [2.05, 4.69) is 10.3 Å². The Bertz CT molecular complexity index is 1010. The van der Waals surface area contributed by atoms with Crippen LogP contribution in [0.5, 0.6) is 5.75 Å². The highest BCUT2D eigenvalue weighted by Gasteiger charge is 2.34. The van der Waals surface area contributed by atoms with Gasteiger partial charge in [-0.3, -0.25) is 0 Å². The number of nitrogens with one attached hydrogen (secondary N) is 1. The quantitative estimate of drug-likeness (QED) is 0.633. The Morgan fingerprint density at radius 3 is 2.42 bits per heavy atom. The van der Waals surface area contributed by atoms with Crippen LogP contribution in [0.3, 0.4) is 0 Å². The molecule has 0 radical (unpaired) electrons. The summed E-state index contributed by atoms with van der Waals surface area (Å²) in [5.74, 6) is 0.503. The van der Waals surface area contributed by atoms with Gasteiger partial charge in [-0.05, 0) is 71.2 Å². The molecule has 0 bridgehead atoms. The molecule has 0 aliphatic carbocycles. The summed E-state index contributed by atoms with van der Waals surface area (Å²) in [5.41, 5.74) is -1.20. The molecule has 1 saturated heterocycles. The van der Waals surface area contributed by atoms with Crippen LogP contribution in [-0.2, 0) is 14.3 Å². The topological polar surface area (TPSA) is 110 Å². The number of carbonyl (C=O) groups is 2. The second-order valence-corrected chi connectivity index (χ2v) is 10.1. The first-order chi connectivity index (χ1) is 15.3. The molecule has 1 aliphatic rings. The summed E-state index contributed by atoms with van der Waals surface area (Å²) in [4.78, 5) is 30.1. The Kier molecular flexibility index (Phi) is 7.02. The summed E-state index contributed by atoms with van der Waals surface area (Å²) in [7, 11) is 0. The number of carbonyl (C=O) groups excluding carboxylic acids is 2. The molecule has 9 heteroatoms. The number of pyridine rings is 1. The van der Waals surface area contributed by atoms with Crippen LogP contribution in [-0.4, -0.2) is 70.1 Å². The monoisotopic (exact) mass is 459 g/mol. The standard InChI is InChI=1S/C24H33N3O6/c1-23(2,3)32-21(29)19(28)14-31-17-7-8-18-15(11-17)9-10-25-20(18)26-16-12-27(13-16)22(30)33-24(4,5)6/h7-11,16,19,28H,12-14H2,1-6H3,(H,25,26)/t19-/m1/s1. The number of amides is 1. The molecule has 2 heterocycles. The van der Waals surface area contributed by atoms with E-state index in [1.54, 1.807) is 37.9 Å². The van der Waals surface area contributed by atoms with E-state index in [-0.39, 0.29) is 18.7 Å². The first-order valence-electron chi connectivity index (χ1n) is 11.0. The van der Waals surface area contributed by atoms with Gasteiger partial charge in [0.2, 0.25) is 0 Å². The Morgan fingerprint density at radius 2 is 1.79 bits per heavy atom. The van der Waals surface area contributed by atoms with E-state index in [1.807, 2.05) is 39.0 Å². The third-order valence-electron chi connectivity index (χ3n) is 4.70. The fourth-order valence-corrected chi connectivity index (χ4v) is 3.21. The summed E-state index contributed by atoms with van der Waals surface area (Å²) in [5, 5.41) is 15.2. The van der Waals surface area contributed by atoms with E-state index in [0.717, 1.165) is 10.8 Å². The van der Waals surface area contributed by atoms with E-state index >= 15 is 0 Å². The molecule has 180 valence electrons. The predicted octanol–water partition coefficient (Wildman–Crippen LogP) is 3.35. The molecule has 3 rings (SSSR count). The van der Waals surface area contributed by atoms with Crippen molar-refractivity contribution >= 4 is 28.7 Å². The average Bonchev–Trinajstić information content (AvgIpc) is 2.65. The van der Waals surface area contributed by atoms with E-state index in [4.69, 9.17) is 14.2 Å². The Hall–Kier alpha value is -3.07. The van der Waals surface area contributed by atoms with Gasteiger partial charge in [-0.15, -0.1) is 0 Å². The minimum absolute atomic E-state index is 0.0792. The maximum Gasteiger partial charge on any atom is 0.410 e. The van der Waals surface area contributed by atoms with Gasteiger partial charge in [-0.25, -0.2) is 14.6 Å². The van der Waals surface area contributed by atoms with Crippen molar-refractivity contribution in [2.45, 2.75) is 64.9 Å². The predicted molar refractivity (Wildman–Crippen MR) is 124 cm³/mol. The van der Waals surface area contributed by atoms with Gasteiger partial charge in [0, 0.05) is 24.7 Å². The molecule has 0 saturated carbocycles. The second-order valence-electron chi connectivity index (χ2n) is 10.1. The number of anilines is 1. The molecule has 33 heavy (non-hydrogen) atoms. The Labute approximate surface area is 194 Å². The number of aliphatic hydroxyl groups excluding tert-OH is 1. The molecular weight excluding hydrogens is 426 g/mol. The summed E-state index contributed by atoms with van der Waals surface area (Å²) in [6.45, 7) is 11.6. The molecule has 0 unspecified atom stereocenters. The number of benzene rings is 1. The molecule has 1 fully saturated rings. The third-order valence-corrected chi connectivity index (χ3v) is 4.70. The van der Waals surface area contributed by atoms with Crippen LogP contribution in [0.15, 0.2) is 30.5 Å². The molecule has 1 aromatic carbocycles. The average molecular weight is 460 g/mol. The van der Waals surface area contributed by atoms with Crippen molar-refractivity contribution < 1.29 is 28.9 Å². The highest BCUT2D eigenvalue weighted by Crippen LogP contribution is 2.27. The largest absolute Gasteiger partial charge is 0.490 e. The maximum absolute atomic E-state index is 12.1. The fraction of sp³-hybridized carbons (Fsp3) is 0.542.